The fourth-order valence-corrected chi connectivity index (χ4v) is 2.71. The van der Waals surface area contributed by atoms with Gasteiger partial charge in [-0.1, -0.05) is 63.4 Å². The molecule has 0 aromatic carbocycles. The summed E-state index contributed by atoms with van der Waals surface area (Å²) in [4.78, 5) is 0. The molecule has 0 bridgehead atoms. The van der Waals surface area contributed by atoms with Gasteiger partial charge in [0, 0.05) is 0 Å². The normalized spacial score (nSPS) is 32.8. The van der Waals surface area contributed by atoms with E-state index < -0.39 is 5.60 Å². The highest BCUT2D eigenvalue weighted by Gasteiger charge is 2.31. The Hall–Kier alpha value is -0.740. The molecule has 0 saturated heterocycles. The van der Waals surface area contributed by atoms with Gasteiger partial charge in [-0.2, -0.15) is 0 Å². The van der Waals surface area contributed by atoms with Crippen molar-refractivity contribution in [2.24, 2.45) is 5.92 Å². The second-order valence-corrected chi connectivity index (χ2v) is 5.28. The topological polar surface area (TPSA) is 20.2 Å². The van der Waals surface area contributed by atoms with Gasteiger partial charge in [0.15, 0.2) is 0 Å². The average molecular weight is 234 g/mol. The maximum atomic E-state index is 10.6. The third kappa shape index (κ3) is 4.56. The Morgan fingerprint density at radius 3 is 2.12 bits per heavy atom. The van der Waals surface area contributed by atoms with Crippen LogP contribution in [0.5, 0.6) is 0 Å². The van der Waals surface area contributed by atoms with E-state index in [0.29, 0.717) is 0 Å². The molecule has 0 heterocycles. The molecule has 17 heavy (non-hydrogen) atoms. The van der Waals surface area contributed by atoms with E-state index in [0.717, 1.165) is 25.7 Å². The fraction of sp³-hybridized carbons (Fsp3) is 0.750. The third-order valence-electron chi connectivity index (χ3n) is 3.98. The lowest BCUT2D eigenvalue weighted by molar-refractivity contribution is 0.0360. The van der Waals surface area contributed by atoms with E-state index in [2.05, 4.69) is 12.5 Å². The predicted octanol–water partition coefficient (Wildman–Crippen LogP) is 4.07. The van der Waals surface area contributed by atoms with Gasteiger partial charge in [-0.3, -0.25) is 0 Å². The van der Waals surface area contributed by atoms with Crippen LogP contribution < -0.4 is 0 Å². The first kappa shape index (κ1) is 14.3. The van der Waals surface area contributed by atoms with Crippen molar-refractivity contribution in [2.75, 3.05) is 0 Å². The van der Waals surface area contributed by atoms with Crippen molar-refractivity contribution < 1.29 is 5.11 Å². The predicted molar refractivity (Wildman–Crippen MR) is 73.6 cm³/mol. The Morgan fingerprint density at radius 1 is 1.06 bits per heavy atom. The van der Waals surface area contributed by atoms with E-state index in [9.17, 15) is 5.11 Å². The number of hydrogen-bond donors (Lipinski definition) is 1. The van der Waals surface area contributed by atoms with Gasteiger partial charge in [-0.25, -0.2) is 0 Å². The summed E-state index contributed by atoms with van der Waals surface area (Å²) >= 11 is 0. The van der Waals surface area contributed by atoms with Gasteiger partial charge in [-0.05, 0) is 12.8 Å². The molecule has 1 heteroatoms. The van der Waals surface area contributed by atoms with Gasteiger partial charge < -0.3 is 5.11 Å². The number of aliphatic hydroxyl groups is 1. The highest BCUT2D eigenvalue weighted by molar-refractivity contribution is 5.11. The van der Waals surface area contributed by atoms with Gasteiger partial charge in [0.05, 0.1) is 11.5 Å². The van der Waals surface area contributed by atoms with Crippen molar-refractivity contribution in [2.45, 2.75) is 69.8 Å². The zero-order valence-corrected chi connectivity index (χ0v) is 11.0. The van der Waals surface area contributed by atoms with Crippen LogP contribution in [0.1, 0.15) is 64.2 Å². The highest BCUT2D eigenvalue weighted by atomic mass is 16.3. The molecule has 2 atom stereocenters. The number of rotatable bonds is 1. The Balaban J connectivity index is 2.62. The van der Waals surface area contributed by atoms with Crippen LogP contribution in [0.15, 0.2) is 12.7 Å². The van der Waals surface area contributed by atoms with Crippen molar-refractivity contribution in [1.82, 2.24) is 0 Å². The summed E-state index contributed by atoms with van der Waals surface area (Å²) in [5, 5.41) is 10.6. The first-order valence-electron chi connectivity index (χ1n) is 7.05. The van der Waals surface area contributed by atoms with Crippen molar-refractivity contribution in [1.29, 1.82) is 0 Å². The largest absolute Gasteiger partial charge is 0.385 e. The zero-order valence-electron chi connectivity index (χ0n) is 11.0. The van der Waals surface area contributed by atoms with Crippen molar-refractivity contribution in [3.8, 4) is 12.3 Å². The quantitative estimate of drug-likeness (QED) is 0.535. The second kappa shape index (κ2) is 7.56. The maximum absolute atomic E-state index is 10.6. The van der Waals surface area contributed by atoms with Crippen molar-refractivity contribution >= 4 is 0 Å². The summed E-state index contributed by atoms with van der Waals surface area (Å²) in [5.74, 6) is 2.72. The van der Waals surface area contributed by atoms with Crippen LogP contribution in [0.25, 0.3) is 0 Å². The summed E-state index contributed by atoms with van der Waals surface area (Å²) in [5.41, 5.74) is -0.839. The lowest BCUT2D eigenvalue weighted by atomic mass is 9.80. The molecule has 1 N–H and O–H groups in total. The van der Waals surface area contributed by atoms with Gasteiger partial charge in [0.2, 0.25) is 0 Å². The number of terminal acetylenes is 1. The molecule has 0 aromatic rings. The average Bonchev–Trinajstić information content (AvgIpc) is 2.34. The molecule has 0 amide bonds. The van der Waals surface area contributed by atoms with Crippen LogP contribution in [-0.4, -0.2) is 10.7 Å². The molecule has 1 aliphatic rings. The fourth-order valence-electron chi connectivity index (χ4n) is 2.71. The van der Waals surface area contributed by atoms with Crippen LogP contribution in [0.3, 0.4) is 0 Å². The van der Waals surface area contributed by atoms with E-state index in [1.165, 1.54) is 38.5 Å². The Bertz CT molecular complexity index is 263. The van der Waals surface area contributed by atoms with E-state index in [-0.39, 0.29) is 5.92 Å². The van der Waals surface area contributed by atoms with E-state index >= 15 is 0 Å². The summed E-state index contributed by atoms with van der Waals surface area (Å²) in [7, 11) is 0. The second-order valence-electron chi connectivity index (χ2n) is 5.28. The van der Waals surface area contributed by atoms with Crippen LogP contribution in [-0.2, 0) is 0 Å². The summed E-state index contributed by atoms with van der Waals surface area (Å²) in [6.45, 7) is 3.78. The molecule has 1 saturated carbocycles. The molecule has 1 nitrogen and oxygen atoms in total. The molecule has 0 aromatic heterocycles. The molecule has 1 fully saturated rings. The Labute approximate surface area is 106 Å². The van der Waals surface area contributed by atoms with Gasteiger partial charge >= 0.3 is 0 Å². The molecule has 2 unspecified atom stereocenters. The van der Waals surface area contributed by atoms with Crippen LogP contribution in [0.4, 0.5) is 0 Å². The van der Waals surface area contributed by atoms with E-state index in [1.54, 1.807) is 6.08 Å². The standard InChI is InChI=1S/C16H26O/c1-3-15-13-11-9-7-5-6-8-10-12-14-16(15,17)4-2/h1,4,15,17H,2,5-14H2. The minimum absolute atomic E-state index is 0.0561. The first-order valence-corrected chi connectivity index (χ1v) is 7.05. The summed E-state index contributed by atoms with van der Waals surface area (Å²) < 4.78 is 0. The number of hydrogen-bond acceptors (Lipinski definition) is 1. The minimum Gasteiger partial charge on any atom is -0.385 e. The van der Waals surface area contributed by atoms with Gasteiger partial charge in [-0.15, -0.1) is 13.0 Å². The molecule has 1 aliphatic carbocycles. The molecule has 96 valence electrons. The van der Waals surface area contributed by atoms with Crippen molar-refractivity contribution in [3.05, 3.63) is 12.7 Å². The monoisotopic (exact) mass is 234 g/mol. The summed E-state index contributed by atoms with van der Waals surface area (Å²) in [6, 6.07) is 0. The van der Waals surface area contributed by atoms with Crippen LogP contribution in [0, 0.1) is 18.3 Å². The molecular formula is C16H26O. The summed E-state index contributed by atoms with van der Waals surface area (Å²) in [6.07, 6.45) is 18.9. The smallest absolute Gasteiger partial charge is 0.0961 e. The zero-order chi connectivity index (χ0) is 12.6. The molecule has 0 spiro atoms. The van der Waals surface area contributed by atoms with Gasteiger partial charge in [0.25, 0.3) is 0 Å². The molecule has 0 aliphatic heterocycles. The Kier molecular flexibility index (Phi) is 6.37. The van der Waals surface area contributed by atoms with Crippen LogP contribution in [0.2, 0.25) is 0 Å². The molecular weight excluding hydrogens is 208 g/mol. The van der Waals surface area contributed by atoms with E-state index in [4.69, 9.17) is 6.42 Å². The van der Waals surface area contributed by atoms with Gasteiger partial charge in [0.1, 0.15) is 0 Å². The lowest BCUT2D eigenvalue weighted by Crippen LogP contribution is -2.35. The van der Waals surface area contributed by atoms with Crippen LogP contribution >= 0.6 is 0 Å². The SMILES string of the molecule is C#CC1CCCCCCCCCCC1(O)C=C. The lowest BCUT2D eigenvalue weighted by Gasteiger charge is -2.31. The molecule has 0 radical (unpaired) electrons. The third-order valence-corrected chi connectivity index (χ3v) is 3.98. The molecule has 1 rings (SSSR count). The highest BCUT2D eigenvalue weighted by Crippen LogP contribution is 2.30. The van der Waals surface area contributed by atoms with E-state index in [1.807, 2.05) is 0 Å². The first-order chi connectivity index (χ1) is 8.23. The maximum Gasteiger partial charge on any atom is 0.0961 e. The van der Waals surface area contributed by atoms with Crippen molar-refractivity contribution in [3.63, 3.8) is 0 Å². The minimum atomic E-state index is -0.839. The Morgan fingerprint density at radius 2 is 1.59 bits per heavy atom.